The highest BCUT2D eigenvalue weighted by Crippen LogP contribution is 2.34. The fourth-order valence-electron chi connectivity index (χ4n) is 4.84. The lowest BCUT2D eigenvalue weighted by Gasteiger charge is -2.34. The van der Waals surface area contributed by atoms with Crippen molar-refractivity contribution in [2.75, 3.05) is 31.9 Å². The maximum atomic E-state index is 13.1. The average molecular weight is 483 g/mol. The highest BCUT2D eigenvalue weighted by atomic mass is 32.2. The molecular weight excluding hydrogens is 452 g/mol. The summed E-state index contributed by atoms with van der Waals surface area (Å²) < 4.78 is 1.63. The highest BCUT2D eigenvalue weighted by molar-refractivity contribution is 7.99. The number of benzene rings is 1. The smallest absolute Gasteiger partial charge is 0.262 e. The van der Waals surface area contributed by atoms with Gasteiger partial charge in [-0.3, -0.25) is 19.1 Å². The average Bonchev–Trinajstić information content (AvgIpc) is 3.19. The third kappa shape index (κ3) is 4.74. The number of nitrogens with zero attached hydrogens (tertiary/aromatic N) is 4. The van der Waals surface area contributed by atoms with Crippen molar-refractivity contribution in [3.8, 4) is 0 Å². The van der Waals surface area contributed by atoms with Crippen LogP contribution >= 0.6 is 23.1 Å². The first-order chi connectivity index (χ1) is 16.0. The third-order valence-electron chi connectivity index (χ3n) is 6.69. The van der Waals surface area contributed by atoms with Crippen molar-refractivity contribution in [2.45, 2.75) is 44.3 Å². The quantitative estimate of drug-likeness (QED) is 0.411. The monoisotopic (exact) mass is 482 g/mol. The number of hydrogen-bond donors (Lipinski definition) is 0. The van der Waals surface area contributed by atoms with Crippen molar-refractivity contribution < 1.29 is 4.79 Å². The summed E-state index contributed by atoms with van der Waals surface area (Å²) >= 11 is 3.04. The van der Waals surface area contributed by atoms with Gasteiger partial charge >= 0.3 is 0 Å². The standard InChI is InChI=1S/C25H30N4O2S2/c1-17-6-5-7-18(14-17)15-28-10-12-29(13-11-28)21(30)16-32-25-26-23-22(24(31)27(25)2)19-8-3-4-9-20(19)33-23/h5-7,14H,3-4,8-13,15-16H2,1-2H3. The van der Waals surface area contributed by atoms with Crippen molar-refractivity contribution in [1.82, 2.24) is 19.4 Å². The van der Waals surface area contributed by atoms with E-state index in [1.807, 2.05) is 4.90 Å². The molecule has 33 heavy (non-hydrogen) atoms. The van der Waals surface area contributed by atoms with E-state index in [1.165, 1.54) is 39.8 Å². The molecule has 0 spiro atoms. The van der Waals surface area contributed by atoms with Gasteiger partial charge < -0.3 is 4.90 Å². The van der Waals surface area contributed by atoms with Gasteiger partial charge in [-0.25, -0.2) is 4.98 Å². The summed E-state index contributed by atoms with van der Waals surface area (Å²) in [6.45, 7) is 6.30. The number of thioether (sulfide) groups is 1. The molecule has 174 valence electrons. The van der Waals surface area contributed by atoms with E-state index in [9.17, 15) is 9.59 Å². The van der Waals surface area contributed by atoms with Crippen LogP contribution in [-0.4, -0.2) is 57.2 Å². The third-order valence-corrected chi connectivity index (χ3v) is 8.89. The summed E-state index contributed by atoms with van der Waals surface area (Å²) in [6.07, 6.45) is 4.36. The predicted octanol–water partition coefficient (Wildman–Crippen LogP) is 3.62. The molecule has 1 saturated heterocycles. The largest absolute Gasteiger partial charge is 0.339 e. The molecule has 1 aliphatic carbocycles. The summed E-state index contributed by atoms with van der Waals surface area (Å²) in [5, 5.41) is 1.44. The molecule has 1 aromatic carbocycles. The Balaban J connectivity index is 1.20. The number of aryl methyl sites for hydroxylation is 3. The van der Waals surface area contributed by atoms with E-state index in [-0.39, 0.29) is 11.5 Å². The SMILES string of the molecule is Cc1cccc(CN2CCN(C(=O)CSc3nc4sc5c(c4c(=O)n3C)CCCC5)CC2)c1. The van der Waals surface area contributed by atoms with E-state index in [1.54, 1.807) is 23.0 Å². The lowest BCUT2D eigenvalue weighted by Crippen LogP contribution is -2.48. The zero-order chi connectivity index (χ0) is 22.9. The van der Waals surface area contributed by atoms with Gasteiger partial charge in [0.05, 0.1) is 11.1 Å². The van der Waals surface area contributed by atoms with Gasteiger partial charge in [-0.2, -0.15) is 0 Å². The van der Waals surface area contributed by atoms with Gasteiger partial charge in [-0.05, 0) is 43.7 Å². The minimum Gasteiger partial charge on any atom is -0.339 e. The molecule has 3 aromatic rings. The maximum absolute atomic E-state index is 13.1. The van der Waals surface area contributed by atoms with Crippen LogP contribution in [0.2, 0.25) is 0 Å². The normalized spacial score (nSPS) is 16.8. The number of amides is 1. The summed E-state index contributed by atoms with van der Waals surface area (Å²) in [4.78, 5) is 37.2. The lowest BCUT2D eigenvalue weighted by molar-refractivity contribution is -0.130. The first-order valence-electron chi connectivity index (χ1n) is 11.7. The Morgan fingerprint density at radius 2 is 1.94 bits per heavy atom. The number of hydrogen-bond acceptors (Lipinski definition) is 6. The Kier molecular flexibility index (Phi) is 6.58. The Labute approximate surface area is 202 Å². The van der Waals surface area contributed by atoms with Crippen molar-refractivity contribution >= 4 is 39.2 Å². The number of piperazine rings is 1. The molecule has 3 heterocycles. The molecule has 0 saturated carbocycles. The fourth-order valence-corrected chi connectivity index (χ4v) is 7.02. The van der Waals surface area contributed by atoms with E-state index in [4.69, 9.17) is 4.98 Å². The lowest BCUT2D eigenvalue weighted by atomic mass is 9.97. The Hall–Kier alpha value is -2.16. The molecule has 0 bridgehead atoms. The van der Waals surface area contributed by atoms with E-state index in [0.29, 0.717) is 10.9 Å². The molecular formula is C25H30N4O2S2. The van der Waals surface area contributed by atoms with Crippen LogP contribution in [0.5, 0.6) is 0 Å². The van der Waals surface area contributed by atoms with E-state index >= 15 is 0 Å². The molecule has 6 nitrogen and oxygen atoms in total. The van der Waals surface area contributed by atoms with Gasteiger partial charge in [-0.15, -0.1) is 11.3 Å². The number of fused-ring (bicyclic) bond motifs is 3. The van der Waals surface area contributed by atoms with E-state index < -0.39 is 0 Å². The van der Waals surface area contributed by atoms with Crippen molar-refractivity contribution in [3.63, 3.8) is 0 Å². The van der Waals surface area contributed by atoms with Gasteiger partial charge in [0.2, 0.25) is 5.91 Å². The molecule has 1 fully saturated rings. The Morgan fingerprint density at radius 3 is 2.73 bits per heavy atom. The van der Waals surface area contributed by atoms with Crippen LogP contribution in [0.25, 0.3) is 10.2 Å². The maximum Gasteiger partial charge on any atom is 0.262 e. The molecule has 1 aliphatic heterocycles. The molecule has 0 N–H and O–H groups in total. The molecule has 5 rings (SSSR count). The van der Waals surface area contributed by atoms with Crippen LogP contribution in [-0.2, 0) is 31.2 Å². The summed E-state index contributed by atoms with van der Waals surface area (Å²) in [5.74, 6) is 0.435. The minimum absolute atomic E-state index is 0.0270. The zero-order valence-corrected chi connectivity index (χ0v) is 20.9. The van der Waals surface area contributed by atoms with Gasteiger partial charge in [0.1, 0.15) is 4.83 Å². The van der Waals surface area contributed by atoms with E-state index in [0.717, 1.165) is 62.2 Å². The van der Waals surface area contributed by atoms with E-state index in [2.05, 4.69) is 36.1 Å². The summed E-state index contributed by atoms with van der Waals surface area (Å²) in [6, 6.07) is 8.62. The molecule has 0 radical (unpaired) electrons. The molecule has 0 atom stereocenters. The topological polar surface area (TPSA) is 58.4 Å². The van der Waals surface area contributed by atoms with Gasteiger partial charge in [-0.1, -0.05) is 41.6 Å². The first kappa shape index (κ1) is 22.6. The van der Waals surface area contributed by atoms with Gasteiger partial charge in [0, 0.05) is 44.6 Å². The highest BCUT2D eigenvalue weighted by Gasteiger charge is 2.24. The number of rotatable bonds is 5. The summed E-state index contributed by atoms with van der Waals surface area (Å²) in [5.41, 5.74) is 3.84. The van der Waals surface area contributed by atoms with Crippen molar-refractivity contribution in [3.05, 3.63) is 56.2 Å². The molecule has 1 amide bonds. The van der Waals surface area contributed by atoms with Crippen LogP contribution in [0.3, 0.4) is 0 Å². The summed E-state index contributed by atoms with van der Waals surface area (Å²) in [7, 11) is 1.78. The van der Waals surface area contributed by atoms with Crippen LogP contribution in [0, 0.1) is 6.92 Å². The number of carbonyl (C=O) groups excluding carboxylic acids is 1. The fraction of sp³-hybridized carbons (Fsp3) is 0.480. The second-order valence-corrected chi connectivity index (χ2v) is 11.1. The molecule has 0 unspecified atom stereocenters. The van der Waals surface area contributed by atoms with Gasteiger partial charge in [0.25, 0.3) is 5.56 Å². The first-order valence-corrected chi connectivity index (χ1v) is 13.5. The van der Waals surface area contributed by atoms with Crippen LogP contribution < -0.4 is 5.56 Å². The van der Waals surface area contributed by atoms with Crippen LogP contribution in [0.1, 0.15) is 34.4 Å². The van der Waals surface area contributed by atoms with Crippen LogP contribution in [0.4, 0.5) is 0 Å². The van der Waals surface area contributed by atoms with Crippen molar-refractivity contribution in [1.29, 1.82) is 0 Å². The zero-order valence-electron chi connectivity index (χ0n) is 19.3. The van der Waals surface area contributed by atoms with Crippen LogP contribution in [0.15, 0.2) is 34.2 Å². The van der Waals surface area contributed by atoms with Crippen molar-refractivity contribution in [2.24, 2.45) is 7.05 Å². The predicted molar refractivity (Wildman–Crippen MR) is 135 cm³/mol. The number of thiophene rings is 1. The molecule has 2 aromatic heterocycles. The Morgan fingerprint density at radius 1 is 1.15 bits per heavy atom. The van der Waals surface area contributed by atoms with Gasteiger partial charge in [0.15, 0.2) is 5.16 Å². The second kappa shape index (κ2) is 9.60. The molecule has 2 aliphatic rings. The Bertz CT molecular complexity index is 1240. The molecule has 8 heteroatoms. The number of carbonyl (C=O) groups is 1. The second-order valence-electron chi connectivity index (χ2n) is 9.08. The number of aromatic nitrogens is 2. The minimum atomic E-state index is 0.0270.